The van der Waals surface area contributed by atoms with Gasteiger partial charge in [0.2, 0.25) is 5.91 Å². The van der Waals surface area contributed by atoms with Crippen LogP contribution < -0.4 is 0 Å². The highest BCUT2D eigenvalue weighted by atomic mass is 32.1. The summed E-state index contributed by atoms with van der Waals surface area (Å²) in [6.45, 7) is 6.99. The van der Waals surface area contributed by atoms with Gasteiger partial charge in [-0.15, -0.1) is 11.3 Å². The van der Waals surface area contributed by atoms with Crippen LogP contribution in [0.15, 0.2) is 24.3 Å². The second kappa shape index (κ2) is 6.21. The lowest BCUT2D eigenvalue weighted by molar-refractivity contribution is -0.131. The Hall–Kier alpha value is -1.68. The van der Waals surface area contributed by atoms with Crippen LogP contribution in [-0.4, -0.2) is 22.3 Å². The molecular formula is C18H22N2OS. The highest BCUT2D eigenvalue weighted by Crippen LogP contribution is 2.34. The molecule has 0 N–H and O–H groups in total. The molecule has 2 aromatic rings. The van der Waals surface area contributed by atoms with E-state index in [2.05, 4.69) is 41.1 Å². The van der Waals surface area contributed by atoms with Gasteiger partial charge >= 0.3 is 0 Å². The summed E-state index contributed by atoms with van der Waals surface area (Å²) < 4.78 is 0. The third-order valence-corrected chi connectivity index (χ3v) is 5.50. The molecule has 4 heteroatoms. The van der Waals surface area contributed by atoms with E-state index in [1.54, 1.807) is 11.3 Å². The minimum atomic E-state index is 0.234. The van der Waals surface area contributed by atoms with Gasteiger partial charge in [0, 0.05) is 11.4 Å². The zero-order chi connectivity index (χ0) is 15.7. The monoisotopic (exact) mass is 314 g/mol. The fraction of sp³-hybridized carbons (Fsp3) is 0.444. The van der Waals surface area contributed by atoms with E-state index in [1.165, 1.54) is 11.1 Å². The maximum atomic E-state index is 12.8. The summed E-state index contributed by atoms with van der Waals surface area (Å²) in [6.07, 6.45) is 2.64. The molecule has 0 spiro atoms. The summed E-state index contributed by atoms with van der Waals surface area (Å²) >= 11 is 1.64. The van der Waals surface area contributed by atoms with Gasteiger partial charge in [-0.05, 0) is 44.7 Å². The van der Waals surface area contributed by atoms with E-state index in [1.807, 2.05) is 13.8 Å². The Morgan fingerprint density at radius 3 is 2.77 bits per heavy atom. The fourth-order valence-electron chi connectivity index (χ4n) is 3.33. The highest BCUT2D eigenvalue weighted by molar-refractivity contribution is 7.11. The third kappa shape index (κ3) is 2.93. The lowest BCUT2D eigenvalue weighted by Crippen LogP contribution is -2.32. The number of aromatic nitrogens is 1. The predicted octanol–water partition coefficient (Wildman–Crippen LogP) is 3.97. The molecule has 1 atom stereocenters. The van der Waals surface area contributed by atoms with E-state index in [0.717, 1.165) is 35.0 Å². The van der Waals surface area contributed by atoms with Gasteiger partial charge in [0.15, 0.2) is 0 Å². The number of amides is 1. The van der Waals surface area contributed by atoms with Crippen LogP contribution in [0.25, 0.3) is 0 Å². The number of likely N-dealkylation sites (tertiary alicyclic amines) is 1. The number of benzene rings is 1. The molecule has 22 heavy (non-hydrogen) atoms. The van der Waals surface area contributed by atoms with Crippen LogP contribution in [0, 0.1) is 20.8 Å². The van der Waals surface area contributed by atoms with Gasteiger partial charge in [0.25, 0.3) is 0 Å². The minimum Gasteiger partial charge on any atom is -0.335 e. The summed E-state index contributed by atoms with van der Waals surface area (Å²) in [5, 5.41) is 1.04. The van der Waals surface area contributed by atoms with Gasteiger partial charge < -0.3 is 4.90 Å². The number of thiazole rings is 1. The molecule has 1 aromatic carbocycles. The van der Waals surface area contributed by atoms with Crippen molar-refractivity contribution in [3.8, 4) is 0 Å². The van der Waals surface area contributed by atoms with Crippen molar-refractivity contribution in [3.05, 3.63) is 51.0 Å². The molecule has 1 aromatic heterocycles. The lowest BCUT2D eigenvalue weighted by Gasteiger charge is -2.26. The normalized spacial score (nSPS) is 18.0. The summed E-state index contributed by atoms with van der Waals surface area (Å²) in [6, 6.07) is 8.66. The molecule has 3 nitrogen and oxygen atoms in total. The number of carbonyl (C=O) groups is 1. The average Bonchev–Trinajstić information content (AvgIpc) is 3.06. The Kier molecular flexibility index (Phi) is 4.30. The van der Waals surface area contributed by atoms with Gasteiger partial charge in [-0.3, -0.25) is 4.79 Å². The molecule has 0 radical (unpaired) electrons. The predicted molar refractivity (Wildman–Crippen MR) is 90.2 cm³/mol. The van der Waals surface area contributed by atoms with E-state index in [9.17, 15) is 4.79 Å². The zero-order valence-corrected chi connectivity index (χ0v) is 14.2. The number of carbonyl (C=O) groups excluding carboxylic acids is 1. The molecule has 116 valence electrons. The van der Waals surface area contributed by atoms with Crippen molar-refractivity contribution in [1.29, 1.82) is 0 Å². The van der Waals surface area contributed by atoms with Crippen molar-refractivity contribution in [2.45, 2.75) is 46.1 Å². The Bertz CT molecular complexity index is 692. The van der Waals surface area contributed by atoms with Crippen molar-refractivity contribution in [2.24, 2.45) is 0 Å². The first-order chi connectivity index (χ1) is 10.6. The highest BCUT2D eigenvalue weighted by Gasteiger charge is 2.31. The molecule has 0 aliphatic carbocycles. The van der Waals surface area contributed by atoms with Crippen molar-refractivity contribution in [2.75, 3.05) is 6.54 Å². The van der Waals surface area contributed by atoms with E-state index in [-0.39, 0.29) is 11.9 Å². The maximum Gasteiger partial charge on any atom is 0.228 e. The molecule has 1 aliphatic rings. The van der Waals surface area contributed by atoms with Gasteiger partial charge in [-0.25, -0.2) is 4.98 Å². The molecule has 0 bridgehead atoms. The van der Waals surface area contributed by atoms with Gasteiger partial charge in [0.05, 0.1) is 23.2 Å². The molecule has 1 amide bonds. The van der Waals surface area contributed by atoms with Gasteiger partial charge in [0.1, 0.15) is 0 Å². The first kappa shape index (κ1) is 15.2. The Balaban J connectivity index is 1.80. The Morgan fingerprint density at radius 1 is 1.32 bits per heavy atom. The Labute approximate surface area is 136 Å². The number of rotatable bonds is 3. The summed E-state index contributed by atoms with van der Waals surface area (Å²) in [7, 11) is 0. The molecule has 1 aliphatic heterocycles. The van der Waals surface area contributed by atoms with E-state index in [4.69, 9.17) is 0 Å². The number of hydrogen-bond donors (Lipinski definition) is 0. The number of nitrogens with zero attached hydrogens (tertiary/aromatic N) is 2. The molecular weight excluding hydrogens is 292 g/mol. The van der Waals surface area contributed by atoms with E-state index in [0.29, 0.717) is 6.42 Å². The van der Waals surface area contributed by atoms with Crippen molar-refractivity contribution < 1.29 is 4.79 Å². The smallest absolute Gasteiger partial charge is 0.228 e. The van der Waals surface area contributed by atoms with E-state index < -0.39 is 0 Å². The standard InChI is InChI=1S/C18H22N2OS/c1-12-7-4-5-8-15(12)16-9-6-10-20(16)18(21)11-17-13(2)19-14(3)22-17/h4-5,7-8,16H,6,9-11H2,1-3H3. The Morgan fingerprint density at radius 2 is 2.09 bits per heavy atom. The van der Waals surface area contributed by atoms with Crippen LogP contribution in [0.2, 0.25) is 0 Å². The van der Waals surface area contributed by atoms with E-state index >= 15 is 0 Å². The van der Waals surface area contributed by atoms with Crippen LogP contribution in [0.4, 0.5) is 0 Å². The van der Waals surface area contributed by atoms with Crippen molar-refractivity contribution >= 4 is 17.2 Å². The van der Waals surface area contributed by atoms with Crippen LogP contribution in [0.1, 0.15) is 45.6 Å². The molecule has 0 saturated carbocycles. The summed E-state index contributed by atoms with van der Waals surface area (Å²) in [5.41, 5.74) is 3.57. The van der Waals surface area contributed by atoms with Crippen LogP contribution in [0.5, 0.6) is 0 Å². The van der Waals surface area contributed by atoms with Crippen LogP contribution >= 0.6 is 11.3 Å². The largest absolute Gasteiger partial charge is 0.335 e. The average molecular weight is 314 g/mol. The zero-order valence-electron chi connectivity index (χ0n) is 13.4. The van der Waals surface area contributed by atoms with Crippen LogP contribution in [-0.2, 0) is 11.2 Å². The third-order valence-electron chi connectivity index (χ3n) is 4.43. The first-order valence-corrected chi connectivity index (χ1v) is 8.66. The maximum absolute atomic E-state index is 12.8. The molecule has 1 unspecified atom stereocenters. The first-order valence-electron chi connectivity index (χ1n) is 7.84. The minimum absolute atomic E-state index is 0.234. The SMILES string of the molecule is Cc1nc(C)c(CC(=O)N2CCCC2c2ccccc2C)s1. The summed E-state index contributed by atoms with van der Waals surface area (Å²) in [5.74, 6) is 0.234. The quantitative estimate of drug-likeness (QED) is 0.858. The molecule has 1 fully saturated rings. The molecule has 1 saturated heterocycles. The number of aryl methyl sites for hydroxylation is 3. The second-order valence-electron chi connectivity index (χ2n) is 6.02. The molecule has 2 heterocycles. The van der Waals surface area contributed by atoms with Crippen molar-refractivity contribution in [1.82, 2.24) is 9.88 Å². The molecule has 3 rings (SSSR count). The van der Waals surface area contributed by atoms with Gasteiger partial charge in [-0.1, -0.05) is 24.3 Å². The second-order valence-corrected chi connectivity index (χ2v) is 7.31. The van der Waals surface area contributed by atoms with Crippen LogP contribution in [0.3, 0.4) is 0 Å². The van der Waals surface area contributed by atoms with Crippen molar-refractivity contribution in [3.63, 3.8) is 0 Å². The number of hydrogen-bond acceptors (Lipinski definition) is 3. The fourth-order valence-corrected chi connectivity index (χ4v) is 4.25. The topological polar surface area (TPSA) is 33.2 Å². The lowest BCUT2D eigenvalue weighted by atomic mass is 9.99. The summed E-state index contributed by atoms with van der Waals surface area (Å²) in [4.78, 5) is 20.4. The van der Waals surface area contributed by atoms with Gasteiger partial charge in [-0.2, -0.15) is 0 Å².